The fourth-order valence-electron chi connectivity index (χ4n) is 3.30. The van der Waals surface area contributed by atoms with E-state index in [-0.39, 0.29) is 11.4 Å². The van der Waals surface area contributed by atoms with E-state index in [4.69, 9.17) is 9.47 Å². The maximum absolute atomic E-state index is 12.8. The quantitative estimate of drug-likeness (QED) is 0.465. The molecule has 1 aliphatic rings. The first-order valence-corrected chi connectivity index (χ1v) is 11.3. The molecule has 8 heteroatoms. The van der Waals surface area contributed by atoms with E-state index in [0.29, 0.717) is 23.8 Å². The molecular weight excluding hydrogens is 452 g/mol. The molecule has 1 fully saturated rings. The molecule has 4 rings (SSSR count). The van der Waals surface area contributed by atoms with Crippen LogP contribution in [0.15, 0.2) is 83.8 Å². The zero-order chi connectivity index (χ0) is 23.9. The summed E-state index contributed by atoms with van der Waals surface area (Å²) in [6.07, 6.45) is 1.62. The number of imide groups is 1. The average molecular weight is 475 g/mol. The van der Waals surface area contributed by atoms with Gasteiger partial charge < -0.3 is 14.8 Å². The normalized spacial score (nSPS) is 14.4. The fourth-order valence-corrected chi connectivity index (χ4v) is 4.14. The number of rotatable bonds is 8. The van der Waals surface area contributed by atoms with Crippen LogP contribution in [0.5, 0.6) is 11.5 Å². The van der Waals surface area contributed by atoms with Gasteiger partial charge in [0, 0.05) is 0 Å². The van der Waals surface area contributed by atoms with Gasteiger partial charge in [-0.15, -0.1) is 0 Å². The van der Waals surface area contributed by atoms with Gasteiger partial charge in [-0.3, -0.25) is 19.3 Å². The molecule has 1 heterocycles. The number of methoxy groups -OCH3 is 1. The lowest BCUT2D eigenvalue weighted by molar-refractivity contribution is -0.127. The van der Waals surface area contributed by atoms with Gasteiger partial charge in [0.2, 0.25) is 5.91 Å². The third kappa shape index (κ3) is 5.65. The Hall–Kier alpha value is -4.04. The van der Waals surface area contributed by atoms with Crippen molar-refractivity contribution in [3.05, 3.63) is 94.9 Å². The molecule has 0 unspecified atom stereocenters. The number of benzene rings is 3. The number of anilines is 1. The van der Waals surface area contributed by atoms with Gasteiger partial charge in [0.1, 0.15) is 24.7 Å². The lowest BCUT2D eigenvalue weighted by Gasteiger charge is -2.14. The van der Waals surface area contributed by atoms with Gasteiger partial charge in [-0.05, 0) is 53.2 Å². The highest BCUT2D eigenvalue weighted by Gasteiger charge is 2.36. The van der Waals surface area contributed by atoms with Gasteiger partial charge in [0.05, 0.1) is 17.7 Å². The molecule has 7 nitrogen and oxygen atoms in total. The molecule has 1 saturated heterocycles. The minimum atomic E-state index is -0.513. The summed E-state index contributed by atoms with van der Waals surface area (Å²) < 4.78 is 11.0. The molecule has 3 aromatic carbocycles. The molecule has 1 N–H and O–H groups in total. The van der Waals surface area contributed by atoms with Crippen molar-refractivity contribution in [2.75, 3.05) is 19.0 Å². The van der Waals surface area contributed by atoms with Crippen molar-refractivity contribution in [2.45, 2.75) is 6.61 Å². The molecular formula is C26H22N2O5S. The molecule has 0 aliphatic carbocycles. The Morgan fingerprint density at radius 1 is 1.00 bits per heavy atom. The van der Waals surface area contributed by atoms with Crippen LogP contribution in [0.1, 0.15) is 11.1 Å². The highest BCUT2D eigenvalue weighted by molar-refractivity contribution is 8.18. The SMILES string of the molecule is COc1ccccc1NC(=O)CN1C(=O)S/C(=C/c2cccc(OCc3ccccc3)c2)C1=O. The summed E-state index contributed by atoms with van der Waals surface area (Å²) >= 11 is 0.802. The van der Waals surface area contributed by atoms with Crippen molar-refractivity contribution in [1.82, 2.24) is 4.90 Å². The Kier molecular flexibility index (Phi) is 7.29. The standard InChI is InChI=1S/C26H22N2O5S/c1-32-22-13-6-5-12-21(22)27-24(29)16-28-25(30)23(34-26(28)31)15-19-10-7-11-20(14-19)33-17-18-8-3-2-4-9-18/h2-15H,16-17H2,1H3,(H,27,29)/b23-15+. The molecule has 0 spiro atoms. The van der Waals surface area contributed by atoms with E-state index in [9.17, 15) is 14.4 Å². The molecule has 1 aliphatic heterocycles. The van der Waals surface area contributed by atoms with Crippen molar-refractivity contribution in [3.8, 4) is 11.5 Å². The summed E-state index contributed by atoms with van der Waals surface area (Å²) in [4.78, 5) is 38.9. The van der Waals surface area contributed by atoms with Gasteiger partial charge in [0.15, 0.2) is 0 Å². The molecule has 3 aromatic rings. The van der Waals surface area contributed by atoms with Crippen molar-refractivity contribution < 1.29 is 23.9 Å². The van der Waals surface area contributed by atoms with Crippen LogP contribution in [0, 0.1) is 0 Å². The first-order valence-electron chi connectivity index (χ1n) is 10.5. The number of nitrogens with zero attached hydrogens (tertiary/aromatic N) is 1. The number of ether oxygens (including phenoxy) is 2. The van der Waals surface area contributed by atoms with Crippen LogP contribution in [0.3, 0.4) is 0 Å². The average Bonchev–Trinajstić information content (AvgIpc) is 3.11. The fraction of sp³-hybridized carbons (Fsp3) is 0.115. The minimum absolute atomic E-state index is 0.246. The van der Waals surface area contributed by atoms with E-state index in [0.717, 1.165) is 27.8 Å². The monoisotopic (exact) mass is 474 g/mol. The molecule has 0 radical (unpaired) electrons. The van der Waals surface area contributed by atoms with Crippen molar-refractivity contribution in [3.63, 3.8) is 0 Å². The third-order valence-corrected chi connectivity index (χ3v) is 5.87. The number of amides is 3. The van der Waals surface area contributed by atoms with Crippen LogP contribution in [0.2, 0.25) is 0 Å². The Labute approximate surface area is 201 Å². The molecule has 172 valence electrons. The third-order valence-electron chi connectivity index (χ3n) is 4.96. The molecule has 0 bridgehead atoms. The largest absolute Gasteiger partial charge is 0.495 e. The molecule has 3 amide bonds. The zero-order valence-corrected chi connectivity index (χ0v) is 19.2. The predicted molar refractivity (Wildman–Crippen MR) is 132 cm³/mol. The zero-order valence-electron chi connectivity index (χ0n) is 18.4. The van der Waals surface area contributed by atoms with Crippen molar-refractivity contribution in [2.24, 2.45) is 0 Å². The van der Waals surface area contributed by atoms with Crippen molar-refractivity contribution in [1.29, 1.82) is 0 Å². The van der Waals surface area contributed by atoms with Gasteiger partial charge in [0.25, 0.3) is 11.1 Å². The maximum atomic E-state index is 12.8. The molecule has 0 aromatic heterocycles. The minimum Gasteiger partial charge on any atom is -0.495 e. The van der Waals surface area contributed by atoms with Crippen LogP contribution in [0.4, 0.5) is 10.5 Å². The van der Waals surface area contributed by atoms with Crippen LogP contribution >= 0.6 is 11.8 Å². The number of hydrogen-bond donors (Lipinski definition) is 1. The second-order valence-electron chi connectivity index (χ2n) is 7.36. The summed E-state index contributed by atoms with van der Waals surface area (Å²) in [5, 5.41) is 2.18. The van der Waals surface area contributed by atoms with Gasteiger partial charge >= 0.3 is 0 Å². The topological polar surface area (TPSA) is 84.9 Å². The van der Waals surface area contributed by atoms with Crippen LogP contribution < -0.4 is 14.8 Å². The van der Waals surface area contributed by atoms with Gasteiger partial charge in [-0.25, -0.2) is 0 Å². The number of carbonyl (C=O) groups is 3. The number of nitrogens with one attached hydrogen (secondary N) is 1. The summed E-state index contributed by atoms with van der Waals surface area (Å²) in [6, 6.07) is 24.0. The first-order chi connectivity index (χ1) is 16.5. The lowest BCUT2D eigenvalue weighted by Crippen LogP contribution is -2.36. The Bertz CT molecular complexity index is 1240. The Balaban J connectivity index is 1.41. The Morgan fingerprint density at radius 2 is 1.76 bits per heavy atom. The molecule has 0 atom stereocenters. The van der Waals surface area contributed by atoms with E-state index in [1.807, 2.05) is 48.5 Å². The number of para-hydroxylation sites is 2. The highest BCUT2D eigenvalue weighted by Crippen LogP contribution is 2.33. The molecule has 34 heavy (non-hydrogen) atoms. The first kappa shape index (κ1) is 23.1. The van der Waals surface area contributed by atoms with E-state index in [2.05, 4.69) is 5.32 Å². The highest BCUT2D eigenvalue weighted by atomic mass is 32.2. The number of thioether (sulfide) groups is 1. The van der Waals surface area contributed by atoms with E-state index < -0.39 is 17.1 Å². The van der Waals surface area contributed by atoms with Crippen molar-refractivity contribution >= 4 is 40.6 Å². The predicted octanol–water partition coefficient (Wildman–Crippen LogP) is 4.95. The summed E-state index contributed by atoms with van der Waals surface area (Å²) in [6.45, 7) is 0.0302. The Morgan fingerprint density at radius 3 is 2.56 bits per heavy atom. The van der Waals surface area contributed by atoms with E-state index >= 15 is 0 Å². The summed E-state index contributed by atoms with van der Waals surface area (Å²) in [5.41, 5.74) is 2.22. The number of carbonyl (C=O) groups excluding carboxylic acids is 3. The van der Waals surface area contributed by atoms with Crippen LogP contribution in [-0.4, -0.2) is 35.6 Å². The number of hydrogen-bond acceptors (Lipinski definition) is 6. The van der Waals surface area contributed by atoms with Crippen LogP contribution in [0.25, 0.3) is 6.08 Å². The lowest BCUT2D eigenvalue weighted by atomic mass is 10.2. The second-order valence-corrected chi connectivity index (χ2v) is 8.36. The van der Waals surface area contributed by atoms with E-state index in [1.54, 1.807) is 36.4 Å². The van der Waals surface area contributed by atoms with Gasteiger partial charge in [-0.2, -0.15) is 0 Å². The van der Waals surface area contributed by atoms with Crippen LogP contribution in [-0.2, 0) is 16.2 Å². The summed E-state index contributed by atoms with van der Waals surface area (Å²) in [7, 11) is 1.49. The summed E-state index contributed by atoms with van der Waals surface area (Å²) in [5.74, 6) is 0.123. The second kappa shape index (κ2) is 10.7. The molecule has 0 saturated carbocycles. The van der Waals surface area contributed by atoms with Gasteiger partial charge in [-0.1, -0.05) is 54.6 Å². The van der Waals surface area contributed by atoms with E-state index in [1.165, 1.54) is 7.11 Å². The smallest absolute Gasteiger partial charge is 0.294 e. The maximum Gasteiger partial charge on any atom is 0.294 e.